The van der Waals surface area contributed by atoms with Gasteiger partial charge in [0.25, 0.3) is 0 Å². The molecule has 1 N–H and O–H groups in total. The minimum absolute atomic E-state index is 0.110. The summed E-state index contributed by atoms with van der Waals surface area (Å²) in [6, 6.07) is 11.9. The maximum atomic E-state index is 13.0. The molecule has 9 heteroatoms. The zero-order valence-corrected chi connectivity index (χ0v) is 19.2. The third kappa shape index (κ3) is 6.43. The standard InChI is InChI=1S/C22H27ClN2O5S/c1-16(2)30-21-9-8-19(31(27,28)25-11-13-29-14-12-25)15-20(21)24-22(26)10-5-17-3-6-18(23)7-4-17/h3-4,6-9,15-16H,5,10-14H2,1-2H3,(H,24,26). The first kappa shape index (κ1) is 23.5. The predicted octanol–water partition coefficient (Wildman–Crippen LogP) is 3.72. The van der Waals surface area contributed by atoms with Gasteiger partial charge in [-0.25, -0.2) is 8.42 Å². The van der Waals surface area contributed by atoms with Gasteiger partial charge in [0, 0.05) is 24.5 Å². The van der Waals surface area contributed by atoms with Crippen molar-refractivity contribution >= 4 is 33.2 Å². The van der Waals surface area contributed by atoms with E-state index in [9.17, 15) is 13.2 Å². The van der Waals surface area contributed by atoms with Crippen LogP contribution in [0.4, 0.5) is 5.69 Å². The molecule has 0 radical (unpaired) electrons. The Labute approximate surface area is 188 Å². The lowest BCUT2D eigenvalue weighted by Gasteiger charge is -2.26. The molecule has 0 aliphatic carbocycles. The van der Waals surface area contributed by atoms with Gasteiger partial charge in [-0.2, -0.15) is 4.31 Å². The first-order chi connectivity index (χ1) is 14.8. The van der Waals surface area contributed by atoms with Crippen molar-refractivity contribution in [2.45, 2.75) is 37.7 Å². The number of halogens is 1. The molecule has 0 spiro atoms. The lowest BCUT2D eigenvalue weighted by atomic mass is 10.1. The van der Waals surface area contributed by atoms with E-state index in [1.54, 1.807) is 18.2 Å². The molecule has 1 fully saturated rings. The summed E-state index contributed by atoms with van der Waals surface area (Å²) in [6.45, 7) is 5.06. The molecule has 2 aromatic carbocycles. The maximum Gasteiger partial charge on any atom is 0.243 e. The largest absolute Gasteiger partial charge is 0.489 e. The van der Waals surface area contributed by atoms with Crippen LogP contribution in [0.25, 0.3) is 0 Å². The number of carbonyl (C=O) groups excluding carboxylic acids is 1. The molecule has 1 heterocycles. The summed E-state index contributed by atoms with van der Waals surface area (Å²) < 4.78 is 38.4. The van der Waals surface area contributed by atoms with Gasteiger partial charge in [-0.05, 0) is 56.2 Å². The fraction of sp³-hybridized carbons (Fsp3) is 0.409. The molecule has 31 heavy (non-hydrogen) atoms. The summed E-state index contributed by atoms with van der Waals surface area (Å²) in [6.07, 6.45) is 0.643. The Morgan fingerprint density at radius 2 is 1.84 bits per heavy atom. The molecule has 0 aromatic heterocycles. The molecule has 7 nitrogen and oxygen atoms in total. The van der Waals surface area contributed by atoms with Gasteiger partial charge < -0.3 is 14.8 Å². The normalized spacial score (nSPS) is 15.1. The summed E-state index contributed by atoms with van der Waals surface area (Å²) in [7, 11) is -3.69. The fourth-order valence-corrected chi connectivity index (χ4v) is 4.74. The van der Waals surface area contributed by atoms with Crippen molar-refractivity contribution in [3.05, 3.63) is 53.1 Å². The van der Waals surface area contributed by atoms with Gasteiger partial charge in [0.2, 0.25) is 15.9 Å². The van der Waals surface area contributed by atoms with Gasteiger partial charge >= 0.3 is 0 Å². The van der Waals surface area contributed by atoms with Crippen LogP contribution in [0.3, 0.4) is 0 Å². The molecule has 1 amide bonds. The van der Waals surface area contributed by atoms with E-state index in [-0.39, 0.29) is 23.3 Å². The average molecular weight is 467 g/mol. The molecule has 2 aromatic rings. The maximum absolute atomic E-state index is 13.0. The Balaban J connectivity index is 1.78. The van der Waals surface area contributed by atoms with Gasteiger partial charge in [-0.1, -0.05) is 23.7 Å². The Bertz CT molecular complexity index is 1000. The van der Waals surface area contributed by atoms with Crippen LogP contribution >= 0.6 is 11.6 Å². The first-order valence-corrected chi connectivity index (χ1v) is 12.0. The number of nitrogens with zero attached hydrogens (tertiary/aromatic N) is 1. The van der Waals surface area contributed by atoms with E-state index in [0.717, 1.165) is 5.56 Å². The number of ether oxygens (including phenoxy) is 2. The zero-order valence-electron chi connectivity index (χ0n) is 17.6. The lowest BCUT2D eigenvalue weighted by Crippen LogP contribution is -2.40. The van der Waals surface area contributed by atoms with Crippen LogP contribution in [0.2, 0.25) is 5.02 Å². The number of amides is 1. The second-order valence-electron chi connectivity index (χ2n) is 7.52. The summed E-state index contributed by atoms with van der Waals surface area (Å²) in [5.74, 6) is 0.195. The smallest absolute Gasteiger partial charge is 0.243 e. The van der Waals surface area contributed by atoms with Gasteiger partial charge in [0.1, 0.15) is 5.75 Å². The van der Waals surface area contributed by atoms with Gasteiger partial charge in [-0.15, -0.1) is 0 Å². The Kier molecular flexibility index (Phi) is 7.94. The SMILES string of the molecule is CC(C)Oc1ccc(S(=O)(=O)N2CCOCC2)cc1NC(=O)CCc1ccc(Cl)cc1. The number of aryl methyl sites for hydroxylation is 1. The van der Waals surface area contributed by atoms with Crippen LogP contribution < -0.4 is 10.1 Å². The molecular formula is C22H27ClN2O5S. The van der Waals surface area contributed by atoms with Crippen LogP contribution in [0.1, 0.15) is 25.8 Å². The molecule has 0 bridgehead atoms. The lowest BCUT2D eigenvalue weighted by molar-refractivity contribution is -0.116. The average Bonchev–Trinajstić information content (AvgIpc) is 2.75. The topological polar surface area (TPSA) is 84.9 Å². The molecule has 1 aliphatic rings. The van der Waals surface area contributed by atoms with Crippen molar-refractivity contribution in [2.24, 2.45) is 0 Å². The van der Waals surface area contributed by atoms with Crippen LogP contribution in [0, 0.1) is 0 Å². The second kappa shape index (κ2) is 10.5. The van der Waals surface area contributed by atoms with E-state index in [0.29, 0.717) is 49.2 Å². The number of morpholine rings is 1. The van der Waals surface area contributed by atoms with Gasteiger partial charge in [0.05, 0.1) is 29.9 Å². The molecule has 168 valence electrons. The summed E-state index contributed by atoms with van der Waals surface area (Å²) in [4.78, 5) is 12.7. The number of carbonyl (C=O) groups is 1. The highest BCUT2D eigenvalue weighted by atomic mass is 35.5. The van der Waals surface area contributed by atoms with Crippen LogP contribution in [-0.2, 0) is 26.0 Å². The minimum Gasteiger partial charge on any atom is -0.489 e. The molecule has 1 aliphatic heterocycles. The number of rotatable bonds is 8. The van der Waals surface area contributed by atoms with Gasteiger partial charge in [0.15, 0.2) is 0 Å². The monoisotopic (exact) mass is 466 g/mol. The van der Waals surface area contributed by atoms with Crippen molar-refractivity contribution in [1.29, 1.82) is 0 Å². The predicted molar refractivity (Wildman–Crippen MR) is 120 cm³/mol. The molecule has 0 saturated carbocycles. The second-order valence-corrected chi connectivity index (χ2v) is 9.89. The Morgan fingerprint density at radius 1 is 1.16 bits per heavy atom. The Morgan fingerprint density at radius 3 is 2.48 bits per heavy atom. The number of benzene rings is 2. The third-order valence-corrected chi connectivity index (χ3v) is 6.90. The molecule has 1 saturated heterocycles. The van der Waals surface area contributed by atoms with Crippen molar-refractivity contribution in [3.63, 3.8) is 0 Å². The highest BCUT2D eigenvalue weighted by Gasteiger charge is 2.27. The summed E-state index contributed by atoms with van der Waals surface area (Å²) >= 11 is 5.90. The number of hydrogen-bond donors (Lipinski definition) is 1. The quantitative estimate of drug-likeness (QED) is 0.640. The summed E-state index contributed by atoms with van der Waals surface area (Å²) in [5.41, 5.74) is 1.32. The van der Waals surface area contributed by atoms with E-state index >= 15 is 0 Å². The molecular weight excluding hydrogens is 440 g/mol. The number of sulfonamides is 1. The molecule has 3 rings (SSSR count). The summed E-state index contributed by atoms with van der Waals surface area (Å²) in [5, 5.41) is 3.46. The van der Waals surface area contributed by atoms with Crippen molar-refractivity contribution < 1.29 is 22.7 Å². The number of hydrogen-bond acceptors (Lipinski definition) is 5. The molecule has 0 atom stereocenters. The Hall–Kier alpha value is -2.13. The first-order valence-electron chi connectivity index (χ1n) is 10.2. The number of anilines is 1. The van der Waals surface area contributed by atoms with Crippen molar-refractivity contribution in [3.8, 4) is 5.75 Å². The van der Waals surface area contributed by atoms with Crippen LogP contribution in [0.15, 0.2) is 47.4 Å². The molecule has 0 unspecified atom stereocenters. The van der Waals surface area contributed by atoms with E-state index in [1.807, 2.05) is 26.0 Å². The fourth-order valence-electron chi connectivity index (χ4n) is 3.18. The van der Waals surface area contributed by atoms with E-state index in [1.165, 1.54) is 16.4 Å². The van der Waals surface area contributed by atoms with Crippen molar-refractivity contribution in [1.82, 2.24) is 4.31 Å². The zero-order chi connectivity index (χ0) is 22.4. The number of nitrogens with one attached hydrogen (secondary N) is 1. The van der Waals surface area contributed by atoms with Gasteiger partial charge in [-0.3, -0.25) is 4.79 Å². The highest BCUT2D eigenvalue weighted by Crippen LogP contribution is 2.30. The van der Waals surface area contributed by atoms with Crippen LogP contribution in [0.5, 0.6) is 5.75 Å². The minimum atomic E-state index is -3.69. The third-order valence-electron chi connectivity index (χ3n) is 4.75. The van der Waals surface area contributed by atoms with Crippen molar-refractivity contribution in [2.75, 3.05) is 31.6 Å². The van der Waals surface area contributed by atoms with E-state index in [4.69, 9.17) is 21.1 Å². The van der Waals surface area contributed by atoms with E-state index < -0.39 is 10.0 Å². The van der Waals surface area contributed by atoms with Crippen LogP contribution in [-0.4, -0.2) is 51.0 Å². The van der Waals surface area contributed by atoms with E-state index in [2.05, 4.69) is 5.32 Å². The highest BCUT2D eigenvalue weighted by molar-refractivity contribution is 7.89.